The number of urea groups is 1. The van der Waals surface area contributed by atoms with E-state index in [-0.39, 0.29) is 6.03 Å². The minimum absolute atomic E-state index is 0.111. The van der Waals surface area contributed by atoms with Crippen LogP contribution in [0, 0.1) is 6.92 Å². The highest BCUT2D eigenvalue weighted by atomic mass is 16.2. The molecule has 0 bridgehead atoms. The lowest BCUT2D eigenvalue weighted by Gasteiger charge is -2.18. The molecule has 0 unspecified atom stereocenters. The largest absolute Gasteiger partial charge is 0.398 e. The molecule has 0 saturated heterocycles. The van der Waals surface area contributed by atoms with E-state index in [1.165, 1.54) is 0 Å². The van der Waals surface area contributed by atoms with Crippen molar-refractivity contribution in [2.24, 2.45) is 0 Å². The maximum Gasteiger partial charge on any atom is 0.326 e. The lowest BCUT2D eigenvalue weighted by Crippen LogP contribution is -2.33. The molecule has 20 heavy (non-hydrogen) atoms. The van der Waals surface area contributed by atoms with Crippen molar-refractivity contribution in [3.8, 4) is 0 Å². The lowest BCUT2D eigenvalue weighted by atomic mass is 10.1. The van der Waals surface area contributed by atoms with E-state index in [1.807, 2.05) is 49.4 Å². The third kappa shape index (κ3) is 2.20. The molecule has 102 valence electrons. The van der Waals surface area contributed by atoms with Gasteiger partial charge < -0.3 is 11.1 Å². The second kappa shape index (κ2) is 4.89. The number of fused-ring (bicyclic) bond motifs is 1. The summed E-state index contributed by atoms with van der Waals surface area (Å²) in [6.07, 6.45) is 0.809. The van der Waals surface area contributed by atoms with Crippen LogP contribution in [0.15, 0.2) is 42.5 Å². The standard InChI is InChI=1S/C16H17N3O/c1-11-4-2-5-12(10-11)18-16(20)19-9-8-13-14(17)6-3-7-15(13)19/h2-7,10H,8-9,17H2,1H3,(H,18,20). The van der Waals surface area contributed by atoms with Crippen LogP contribution >= 0.6 is 0 Å². The van der Waals surface area contributed by atoms with Gasteiger partial charge in [0.05, 0.1) is 5.69 Å². The smallest absolute Gasteiger partial charge is 0.326 e. The molecular formula is C16H17N3O. The topological polar surface area (TPSA) is 58.4 Å². The van der Waals surface area contributed by atoms with Gasteiger partial charge in [0.1, 0.15) is 0 Å². The second-order valence-electron chi connectivity index (χ2n) is 5.05. The van der Waals surface area contributed by atoms with Crippen LogP contribution in [0.3, 0.4) is 0 Å². The monoisotopic (exact) mass is 267 g/mol. The van der Waals surface area contributed by atoms with Crippen LogP contribution in [0.25, 0.3) is 0 Å². The zero-order chi connectivity index (χ0) is 14.1. The van der Waals surface area contributed by atoms with Crippen molar-refractivity contribution in [2.75, 3.05) is 22.5 Å². The molecule has 0 atom stereocenters. The van der Waals surface area contributed by atoms with Crippen molar-refractivity contribution in [3.63, 3.8) is 0 Å². The molecule has 0 radical (unpaired) electrons. The summed E-state index contributed by atoms with van der Waals surface area (Å²) in [5.74, 6) is 0. The first-order chi connectivity index (χ1) is 9.65. The van der Waals surface area contributed by atoms with Crippen molar-refractivity contribution in [3.05, 3.63) is 53.6 Å². The number of nitrogens with zero attached hydrogens (tertiary/aromatic N) is 1. The first-order valence-electron chi connectivity index (χ1n) is 6.68. The Morgan fingerprint density at radius 2 is 2.05 bits per heavy atom. The molecule has 3 rings (SSSR count). The maximum atomic E-state index is 12.4. The number of nitrogen functional groups attached to an aromatic ring is 1. The van der Waals surface area contributed by atoms with Gasteiger partial charge in [0, 0.05) is 23.5 Å². The van der Waals surface area contributed by atoms with Gasteiger partial charge in [-0.05, 0) is 43.2 Å². The zero-order valence-electron chi connectivity index (χ0n) is 11.4. The normalized spacial score (nSPS) is 13.2. The Morgan fingerprint density at radius 3 is 2.85 bits per heavy atom. The average Bonchev–Trinajstić information content (AvgIpc) is 2.84. The number of rotatable bonds is 1. The van der Waals surface area contributed by atoms with E-state index in [0.717, 1.165) is 34.6 Å². The first kappa shape index (κ1) is 12.5. The fourth-order valence-corrected chi connectivity index (χ4v) is 2.59. The number of benzene rings is 2. The van der Waals surface area contributed by atoms with E-state index in [9.17, 15) is 4.79 Å². The molecule has 1 heterocycles. The van der Waals surface area contributed by atoms with Crippen molar-refractivity contribution in [1.82, 2.24) is 0 Å². The van der Waals surface area contributed by atoms with E-state index < -0.39 is 0 Å². The van der Waals surface area contributed by atoms with E-state index in [1.54, 1.807) is 4.90 Å². The van der Waals surface area contributed by atoms with Crippen molar-refractivity contribution in [2.45, 2.75) is 13.3 Å². The van der Waals surface area contributed by atoms with Gasteiger partial charge in [0.25, 0.3) is 0 Å². The molecule has 4 nitrogen and oxygen atoms in total. The quantitative estimate of drug-likeness (QED) is 0.780. The van der Waals surface area contributed by atoms with Crippen LogP contribution in [-0.2, 0) is 6.42 Å². The molecule has 0 aromatic heterocycles. The molecule has 0 saturated carbocycles. The number of aryl methyl sites for hydroxylation is 1. The van der Waals surface area contributed by atoms with Crippen molar-refractivity contribution in [1.29, 1.82) is 0 Å². The number of nitrogens with two attached hydrogens (primary N) is 1. The van der Waals surface area contributed by atoms with Crippen LogP contribution in [0.4, 0.5) is 21.9 Å². The van der Waals surface area contributed by atoms with E-state index in [4.69, 9.17) is 5.73 Å². The summed E-state index contributed by atoms with van der Waals surface area (Å²) in [7, 11) is 0. The lowest BCUT2D eigenvalue weighted by molar-refractivity contribution is 0.257. The Balaban J connectivity index is 1.82. The van der Waals surface area contributed by atoms with Gasteiger partial charge in [-0.2, -0.15) is 0 Å². The number of nitrogens with one attached hydrogen (secondary N) is 1. The third-order valence-corrected chi connectivity index (χ3v) is 3.58. The molecule has 1 aliphatic rings. The number of carbonyl (C=O) groups is 1. The Kier molecular flexibility index (Phi) is 3.06. The minimum Gasteiger partial charge on any atom is -0.398 e. The molecule has 0 fully saturated rings. The highest BCUT2D eigenvalue weighted by Gasteiger charge is 2.25. The molecule has 0 aliphatic carbocycles. The SMILES string of the molecule is Cc1cccc(NC(=O)N2CCc3c(N)cccc32)c1. The Hall–Kier alpha value is -2.49. The summed E-state index contributed by atoms with van der Waals surface area (Å²) in [4.78, 5) is 14.1. The van der Waals surface area contributed by atoms with Crippen LogP contribution in [0.2, 0.25) is 0 Å². The summed E-state index contributed by atoms with van der Waals surface area (Å²) >= 11 is 0. The van der Waals surface area contributed by atoms with Gasteiger partial charge in [-0.15, -0.1) is 0 Å². The Bertz CT molecular complexity index is 667. The molecule has 2 amide bonds. The van der Waals surface area contributed by atoms with Crippen molar-refractivity contribution < 1.29 is 4.79 Å². The molecule has 2 aromatic rings. The van der Waals surface area contributed by atoms with Gasteiger partial charge in [-0.3, -0.25) is 4.90 Å². The molecule has 2 aromatic carbocycles. The number of anilines is 3. The Morgan fingerprint density at radius 1 is 1.25 bits per heavy atom. The molecule has 1 aliphatic heterocycles. The fraction of sp³-hybridized carbons (Fsp3) is 0.188. The van der Waals surface area contributed by atoms with Gasteiger partial charge >= 0.3 is 6.03 Å². The summed E-state index contributed by atoms with van der Waals surface area (Å²) in [5, 5.41) is 2.93. The van der Waals surface area contributed by atoms with Gasteiger partial charge in [0.2, 0.25) is 0 Å². The van der Waals surface area contributed by atoms with E-state index in [0.29, 0.717) is 6.54 Å². The maximum absolute atomic E-state index is 12.4. The van der Waals surface area contributed by atoms with Crippen LogP contribution in [0.1, 0.15) is 11.1 Å². The predicted octanol–water partition coefficient (Wildman–Crippen LogP) is 3.17. The van der Waals surface area contributed by atoms with Gasteiger partial charge in [-0.25, -0.2) is 4.79 Å². The average molecular weight is 267 g/mol. The van der Waals surface area contributed by atoms with Crippen molar-refractivity contribution >= 4 is 23.1 Å². The van der Waals surface area contributed by atoms with Crippen LogP contribution in [-0.4, -0.2) is 12.6 Å². The Labute approximate surface area is 118 Å². The third-order valence-electron chi connectivity index (χ3n) is 3.58. The zero-order valence-corrected chi connectivity index (χ0v) is 11.4. The highest BCUT2D eigenvalue weighted by molar-refractivity contribution is 6.03. The summed E-state index contributed by atoms with van der Waals surface area (Å²) in [6.45, 7) is 2.67. The first-order valence-corrected chi connectivity index (χ1v) is 6.68. The number of hydrogen-bond donors (Lipinski definition) is 2. The summed E-state index contributed by atoms with van der Waals surface area (Å²) in [6, 6.07) is 13.4. The van der Waals surface area contributed by atoms with E-state index in [2.05, 4.69) is 5.32 Å². The number of amides is 2. The van der Waals surface area contributed by atoms with E-state index >= 15 is 0 Å². The highest BCUT2D eigenvalue weighted by Crippen LogP contribution is 2.32. The summed E-state index contributed by atoms with van der Waals surface area (Å²) < 4.78 is 0. The predicted molar refractivity (Wildman–Crippen MR) is 82.1 cm³/mol. The van der Waals surface area contributed by atoms with Gasteiger partial charge in [-0.1, -0.05) is 18.2 Å². The number of hydrogen-bond acceptors (Lipinski definition) is 2. The van der Waals surface area contributed by atoms with Gasteiger partial charge in [0.15, 0.2) is 0 Å². The minimum atomic E-state index is -0.111. The molecule has 4 heteroatoms. The number of carbonyl (C=O) groups excluding carboxylic acids is 1. The van der Waals surface area contributed by atoms with Crippen LogP contribution in [0.5, 0.6) is 0 Å². The molecular weight excluding hydrogens is 250 g/mol. The van der Waals surface area contributed by atoms with Crippen LogP contribution < -0.4 is 16.0 Å². The fourth-order valence-electron chi connectivity index (χ4n) is 2.59. The molecule has 3 N–H and O–H groups in total. The summed E-state index contributed by atoms with van der Waals surface area (Å²) in [5.41, 5.74) is 10.6. The molecule has 0 spiro atoms. The second-order valence-corrected chi connectivity index (χ2v) is 5.05.